The smallest absolute Gasteiger partial charge is 0.453 e. The van der Waals surface area contributed by atoms with Crippen LogP contribution in [0.3, 0.4) is 0 Å². The Labute approximate surface area is 176 Å². The fraction of sp³-hybridized carbons (Fsp3) is 0.200. The molecule has 0 atom stereocenters. The summed E-state index contributed by atoms with van der Waals surface area (Å²) < 4.78 is 98.6. The number of allylic oxidation sites excluding steroid dienone is 2. The maximum Gasteiger partial charge on any atom is 0.453 e. The number of halogens is 6. The van der Waals surface area contributed by atoms with Crippen LogP contribution in [0, 0.1) is 0 Å². The summed E-state index contributed by atoms with van der Waals surface area (Å²) in [6.45, 7) is 0. The molecule has 172 valence electrons. The maximum absolute atomic E-state index is 13.5. The normalized spacial score (nSPS) is 12.5. The van der Waals surface area contributed by atoms with Crippen LogP contribution in [0.1, 0.15) is 20.7 Å². The third-order valence-corrected chi connectivity index (χ3v) is 3.71. The second-order valence-corrected chi connectivity index (χ2v) is 5.89. The Kier molecular flexibility index (Phi) is 7.39. The van der Waals surface area contributed by atoms with E-state index < -0.39 is 47.3 Å². The Morgan fingerprint density at radius 1 is 0.594 bits per heavy atom. The lowest BCUT2D eigenvalue weighted by Crippen LogP contribution is -2.29. The van der Waals surface area contributed by atoms with Gasteiger partial charge in [-0.15, -0.1) is 0 Å². The van der Waals surface area contributed by atoms with Gasteiger partial charge in [0.1, 0.15) is 11.5 Å². The molecule has 32 heavy (non-hydrogen) atoms. The monoisotopic (exact) mass is 464 g/mol. The molecule has 0 aliphatic carbocycles. The summed E-state index contributed by atoms with van der Waals surface area (Å²) in [4.78, 5) is 22.8. The average molecular weight is 464 g/mol. The van der Waals surface area contributed by atoms with Crippen LogP contribution in [0.2, 0.25) is 0 Å². The van der Waals surface area contributed by atoms with E-state index in [0.29, 0.717) is 0 Å². The molecule has 0 aliphatic heterocycles. The van der Waals surface area contributed by atoms with Crippen molar-refractivity contribution in [3.63, 3.8) is 0 Å². The molecule has 2 aromatic rings. The van der Waals surface area contributed by atoms with E-state index in [1.807, 2.05) is 0 Å². The van der Waals surface area contributed by atoms with Crippen molar-refractivity contribution < 1.29 is 54.9 Å². The van der Waals surface area contributed by atoms with E-state index in [9.17, 15) is 35.9 Å². The van der Waals surface area contributed by atoms with E-state index in [-0.39, 0.29) is 11.1 Å². The summed E-state index contributed by atoms with van der Waals surface area (Å²) >= 11 is 0. The zero-order valence-electron chi connectivity index (χ0n) is 16.3. The zero-order chi connectivity index (χ0) is 24.1. The van der Waals surface area contributed by atoms with Crippen molar-refractivity contribution in [1.29, 1.82) is 0 Å². The van der Waals surface area contributed by atoms with Crippen molar-refractivity contribution >= 4 is 11.9 Å². The Balaban J connectivity index is 2.46. The molecule has 0 saturated carbocycles. The van der Waals surface area contributed by atoms with Crippen LogP contribution in [-0.4, -0.2) is 38.5 Å². The fourth-order valence-electron chi connectivity index (χ4n) is 2.26. The molecule has 0 heterocycles. The lowest BCUT2D eigenvalue weighted by atomic mass is 10.2. The predicted octanol–water partition coefficient (Wildman–Crippen LogP) is 5.05. The first kappa shape index (κ1) is 24.6. The number of rotatable bonds is 6. The molecule has 0 saturated heterocycles. The first-order chi connectivity index (χ1) is 14.9. The molecule has 0 radical (unpaired) electrons. The molecular weight excluding hydrogens is 450 g/mol. The van der Waals surface area contributed by atoms with Crippen LogP contribution < -0.4 is 9.47 Å². The van der Waals surface area contributed by atoms with Gasteiger partial charge in [0.25, 0.3) is 11.5 Å². The summed E-state index contributed by atoms with van der Waals surface area (Å²) in [5, 5.41) is 0. The van der Waals surface area contributed by atoms with Gasteiger partial charge in [0.15, 0.2) is 0 Å². The second kappa shape index (κ2) is 9.62. The molecule has 0 aromatic heterocycles. The Morgan fingerprint density at radius 2 is 0.875 bits per heavy atom. The van der Waals surface area contributed by atoms with Crippen molar-refractivity contribution in [2.75, 3.05) is 14.2 Å². The molecule has 6 nitrogen and oxygen atoms in total. The highest BCUT2D eigenvalue weighted by Crippen LogP contribution is 2.38. The molecule has 2 aromatic carbocycles. The Morgan fingerprint density at radius 3 is 1.09 bits per heavy atom. The topological polar surface area (TPSA) is 71.1 Å². The number of alkyl halides is 6. The van der Waals surface area contributed by atoms with Gasteiger partial charge in [0.05, 0.1) is 25.3 Å². The van der Waals surface area contributed by atoms with Gasteiger partial charge in [-0.2, -0.15) is 26.3 Å². The van der Waals surface area contributed by atoms with E-state index in [0.717, 1.165) is 62.8 Å². The maximum atomic E-state index is 13.5. The largest absolute Gasteiger partial charge is 0.465 e. The SMILES string of the molecule is COC(=O)c1ccc(O/C(=C(/Oc2ccc(C(=O)OC)cc2)C(F)(F)F)C(F)(F)F)cc1. The average Bonchev–Trinajstić information content (AvgIpc) is 2.74. The van der Waals surface area contributed by atoms with Gasteiger partial charge in [-0.1, -0.05) is 0 Å². The fourth-order valence-corrected chi connectivity index (χ4v) is 2.26. The van der Waals surface area contributed by atoms with E-state index in [2.05, 4.69) is 18.9 Å². The molecule has 0 aliphatic rings. The summed E-state index contributed by atoms with van der Waals surface area (Å²) in [6, 6.07) is 7.47. The molecule has 12 heteroatoms. The first-order valence-electron chi connectivity index (χ1n) is 8.48. The van der Waals surface area contributed by atoms with E-state index in [1.54, 1.807) is 0 Å². The summed E-state index contributed by atoms with van der Waals surface area (Å²) in [5.41, 5.74) is -0.120. The van der Waals surface area contributed by atoms with Gasteiger partial charge in [-0.05, 0) is 48.5 Å². The van der Waals surface area contributed by atoms with Crippen molar-refractivity contribution in [1.82, 2.24) is 0 Å². The number of hydrogen-bond acceptors (Lipinski definition) is 6. The third-order valence-electron chi connectivity index (χ3n) is 3.71. The van der Waals surface area contributed by atoms with E-state index >= 15 is 0 Å². The standard InChI is InChI=1S/C20H14F6O6/c1-29-17(27)11-3-7-13(8-4-11)31-15(19(21,22)23)16(20(24,25)26)32-14-9-5-12(6-10-14)18(28)30-2/h3-10H,1-2H3/b16-15+. The molecule has 0 amide bonds. The highest BCUT2D eigenvalue weighted by molar-refractivity contribution is 5.89. The molecule has 0 unspecified atom stereocenters. The highest BCUT2D eigenvalue weighted by Gasteiger charge is 2.50. The number of hydrogen-bond donors (Lipinski definition) is 0. The van der Waals surface area contributed by atoms with Crippen LogP contribution in [0.15, 0.2) is 60.0 Å². The lowest BCUT2D eigenvalue weighted by Gasteiger charge is -2.20. The third kappa shape index (κ3) is 6.15. The molecule has 0 spiro atoms. The van der Waals surface area contributed by atoms with Gasteiger partial charge in [-0.3, -0.25) is 0 Å². The van der Waals surface area contributed by atoms with Crippen molar-refractivity contribution in [2.45, 2.75) is 12.4 Å². The van der Waals surface area contributed by atoms with Gasteiger partial charge in [0, 0.05) is 0 Å². The molecule has 0 fully saturated rings. The minimum Gasteiger partial charge on any atom is -0.465 e. The van der Waals surface area contributed by atoms with Gasteiger partial charge < -0.3 is 18.9 Å². The number of esters is 2. The van der Waals surface area contributed by atoms with Gasteiger partial charge in [-0.25, -0.2) is 9.59 Å². The minimum atomic E-state index is -5.60. The molecule has 0 bridgehead atoms. The van der Waals surface area contributed by atoms with Crippen LogP contribution in [0.4, 0.5) is 26.3 Å². The number of ether oxygens (including phenoxy) is 4. The van der Waals surface area contributed by atoms with Crippen LogP contribution >= 0.6 is 0 Å². The highest BCUT2D eigenvalue weighted by atomic mass is 19.4. The minimum absolute atomic E-state index is 0.0598. The van der Waals surface area contributed by atoms with E-state index in [1.165, 1.54) is 0 Å². The zero-order valence-corrected chi connectivity index (χ0v) is 16.3. The van der Waals surface area contributed by atoms with Gasteiger partial charge in [0.2, 0.25) is 0 Å². The molecule has 0 N–H and O–H groups in total. The number of carbonyl (C=O) groups is 2. The summed E-state index contributed by atoms with van der Waals surface area (Å²) in [7, 11) is 2.14. The van der Waals surface area contributed by atoms with E-state index in [4.69, 9.17) is 0 Å². The van der Waals surface area contributed by atoms with Crippen LogP contribution in [-0.2, 0) is 9.47 Å². The summed E-state index contributed by atoms with van der Waals surface area (Å²) in [5.74, 6) is -7.83. The van der Waals surface area contributed by atoms with Crippen molar-refractivity contribution in [2.24, 2.45) is 0 Å². The van der Waals surface area contributed by atoms with Crippen LogP contribution in [0.25, 0.3) is 0 Å². The van der Waals surface area contributed by atoms with Gasteiger partial charge >= 0.3 is 24.3 Å². The number of carbonyl (C=O) groups excluding carboxylic acids is 2. The summed E-state index contributed by atoms with van der Waals surface area (Å²) in [6.07, 6.45) is -11.2. The lowest BCUT2D eigenvalue weighted by molar-refractivity contribution is -0.150. The Bertz CT molecular complexity index is 910. The quantitative estimate of drug-likeness (QED) is 0.339. The molecular formula is C20H14F6O6. The molecule has 2 rings (SSSR count). The van der Waals surface area contributed by atoms with Crippen molar-refractivity contribution in [3.8, 4) is 11.5 Å². The number of benzene rings is 2. The number of methoxy groups -OCH3 is 2. The second-order valence-electron chi connectivity index (χ2n) is 5.89. The van der Waals surface area contributed by atoms with Crippen LogP contribution in [0.5, 0.6) is 11.5 Å². The first-order valence-corrected chi connectivity index (χ1v) is 8.48. The van der Waals surface area contributed by atoms with Crippen molar-refractivity contribution in [3.05, 3.63) is 71.2 Å². The predicted molar refractivity (Wildman–Crippen MR) is 96.0 cm³/mol. The Hall–Kier alpha value is -3.70.